The molecule has 5 nitrogen and oxygen atoms in total. The van der Waals surface area contributed by atoms with Crippen LogP contribution in [0.25, 0.3) is 0 Å². The molecular formula is C22H31N3O2. The molecule has 1 aromatic carbocycles. The van der Waals surface area contributed by atoms with Crippen LogP contribution in [0, 0.1) is 5.92 Å². The molecule has 2 heterocycles. The number of imidazole rings is 1. The van der Waals surface area contributed by atoms with Crippen LogP contribution in [0.3, 0.4) is 0 Å². The number of nitrogens with zero attached hydrogens (tertiary/aromatic N) is 2. The summed E-state index contributed by atoms with van der Waals surface area (Å²) in [7, 11) is 1.67. The molecule has 2 aromatic rings. The van der Waals surface area contributed by atoms with E-state index in [4.69, 9.17) is 4.74 Å². The fourth-order valence-electron chi connectivity index (χ4n) is 3.88. The van der Waals surface area contributed by atoms with E-state index < -0.39 is 0 Å². The molecule has 2 atom stereocenters. The molecule has 1 aromatic heterocycles. The maximum absolute atomic E-state index is 12.7. The zero-order valence-corrected chi connectivity index (χ0v) is 16.9. The summed E-state index contributed by atoms with van der Waals surface area (Å²) >= 11 is 0. The second-order valence-corrected chi connectivity index (χ2v) is 7.94. The van der Waals surface area contributed by atoms with Crippen LogP contribution in [-0.4, -0.2) is 29.1 Å². The van der Waals surface area contributed by atoms with Crippen LogP contribution >= 0.6 is 0 Å². The monoisotopic (exact) mass is 369 g/mol. The zero-order valence-electron chi connectivity index (χ0n) is 16.9. The highest BCUT2D eigenvalue weighted by Crippen LogP contribution is 2.35. The number of methoxy groups -OCH3 is 1. The first-order valence-electron chi connectivity index (χ1n) is 9.96. The summed E-state index contributed by atoms with van der Waals surface area (Å²) in [5.74, 6) is 2.43. The van der Waals surface area contributed by atoms with Crippen molar-refractivity contribution in [3.05, 3.63) is 47.5 Å². The molecule has 0 saturated carbocycles. The second kappa shape index (κ2) is 8.59. The molecule has 1 aliphatic rings. The Labute approximate surface area is 162 Å². The van der Waals surface area contributed by atoms with Crippen LogP contribution in [-0.2, 0) is 11.2 Å². The molecule has 1 amide bonds. The van der Waals surface area contributed by atoms with Gasteiger partial charge in [-0.25, -0.2) is 4.98 Å². The number of aromatic nitrogens is 2. The lowest BCUT2D eigenvalue weighted by molar-refractivity contribution is -0.121. The molecule has 146 valence electrons. The van der Waals surface area contributed by atoms with E-state index in [1.807, 2.05) is 24.4 Å². The number of fused-ring (bicyclic) bond motifs is 1. The average Bonchev–Trinajstić information content (AvgIpc) is 3.09. The van der Waals surface area contributed by atoms with Crippen LogP contribution in [0.4, 0.5) is 0 Å². The Bertz CT molecular complexity index is 782. The first-order chi connectivity index (χ1) is 13.0. The van der Waals surface area contributed by atoms with Gasteiger partial charge in [0, 0.05) is 43.2 Å². The fourth-order valence-corrected chi connectivity index (χ4v) is 3.88. The molecule has 0 bridgehead atoms. The van der Waals surface area contributed by atoms with Gasteiger partial charge in [0.25, 0.3) is 0 Å². The van der Waals surface area contributed by atoms with E-state index in [2.05, 4.69) is 41.7 Å². The van der Waals surface area contributed by atoms with Crippen molar-refractivity contribution < 1.29 is 9.53 Å². The van der Waals surface area contributed by atoms with Crippen LogP contribution in [0.5, 0.6) is 5.75 Å². The number of rotatable bonds is 7. The Morgan fingerprint density at radius 1 is 1.41 bits per heavy atom. The van der Waals surface area contributed by atoms with E-state index in [9.17, 15) is 4.79 Å². The van der Waals surface area contributed by atoms with Crippen molar-refractivity contribution in [2.75, 3.05) is 13.7 Å². The van der Waals surface area contributed by atoms with Crippen molar-refractivity contribution in [1.29, 1.82) is 0 Å². The van der Waals surface area contributed by atoms with Gasteiger partial charge in [-0.15, -0.1) is 0 Å². The third-order valence-electron chi connectivity index (χ3n) is 5.32. The van der Waals surface area contributed by atoms with Gasteiger partial charge in [-0.1, -0.05) is 26.0 Å². The number of nitrogens with one attached hydrogen (secondary N) is 1. The Morgan fingerprint density at radius 2 is 2.22 bits per heavy atom. The standard InChI is InChI=1S/C22H31N3O2/c1-15(2)13-24-22(26)12-19(17-8-6-9-18(11-17)27-4)20-14-23-21-10-5-7-16(3)25(20)21/h6,8-9,11,14-16,19H,5,7,10,12-13H2,1-4H3,(H,24,26)/t16-,19-/m0/s1. The fraction of sp³-hybridized carbons (Fsp3) is 0.545. The highest BCUT2D eigenvalue weighted by Gasteiger charge is 2.27. The van der Waals surface area contributed by atoms with Gasteiger partial charge in [0.15, 0.2) is 0 Å². The number of ether oxygens (including phenoxy) is 1. The van der Waals surface area contributed by atoms with Crippen molar-refractivity contribution in [3.8, 4) is 5.75 Å². The maximum atomic E-state index is 12.7. The topological polar surface area (TPSA) is 56.1 Å². The molecular weight excluding hydrogens is 338 g/mol. The van der Waals surface area contributed by atoms with E-state index in [0.29, 0.717) is 24.9 Å². The van der Waals surface area contributed by atoms with Gasteiger partial charge >= 0.3 is 0 Å². The smallest absolute Gasteiger partial charge is 0.221 e. The largest absolute Gasteiger partial charge is 0.497 e. The normalized spacial score (nSPS) is 17.4. The first kappa shape index (κ1) is 19.5. The van der Waals surface area contributed by atoms with Gasteiger partial charge in [-0.2, -0.15) is 0 Å². The summed E-state index contributed by atoms with van der Waals surface area (Å²) in [6.07, 6.45) is 5.72. The van der Waals surface area contributed by atoms with Crippen LogP contribution in [0.1, 0.15) is 69.1 Å². The van der Waals surface area contributed by atoms with Crippen LogP contribution in [0.15, 0.2) is 30.5 Å². The minimum absolute atomic E-state index is 0.0333. The first-order valence-corrected chi connectivity index (χ1v) is 9.96. The van der Waals surface area contributed by atoms with Crippen molar-refractivity contribution in [2.45, 2.75) is 58.4 Å². The van der Waals surface area contributed by atoms with Gasteiger partial charge in [0.1, 0.15) is 11.6 Å². The van der Waals surface area contributed by atoms with Crippen LogP contribution < -0.4 is 10.1 Å². The van der Waals surface area contributed by atoms with E-state index in [-0.39, 0.29) is 11.8 Å². The molecule has 27 heavy (non-hydrogen) atoms. The number of aryl methyl sites for hydroxylation is 1. The Balaban J connectivity index is 1.95. The molecule has 1 aliphatic heterocycles. The quantitative estimate of drug-likeness (QED) is 0.800. The van der Waals surface area contributed by atoms with Crippen molar-refractivity contribution in [1.82, 2.24) is 14.9 Å². The predicted molar refractivity (Wildman–Crippen MR) is 107 cm³/mol. The highest BCUT2D eigenvalue weighted by atomic mass is 16.5. The molecule has 3 rings (SSSR count). The lowest BCUT2D eigenvalue weighted by Crippen LogP contribution is -2.29. The van der Waals surface area contributed by atoms with E-state index >= 15 is 0 Å². The second-order valence-electron chi connectivity index (χ2n) is 7.94. The van der Waals surface area contributed by atoms with Gasteiger partial charge in [0.2, 0.25) is 5.91 Å². The summed E-state index contributed by atoms with van der Waals surface area (Å²) in [6, 6.07) is 8.46. The number of amides is 1. The molecule has 0 fully saturated rings. The third kappa shape index (κ3) is 4.52. The summed E-state index contributed by atoms with van der Waals surface area (Å²) in [5, 5.41) is 3.06. The summed E-state index contributed by atoms with van der Waals surface area (Å²) < 4.78 is 7.77. The Morgan fingerprint density at radius 3 is 2.96 bits per heavy atom. The van der Waals surface area contributed by atoms with Gasteiger partial charge in [-0.05, 0) is 43.4 Å². The van der Waals surface area contributed by atoms with E-state index in [1.54, 1.807) is 7.11 Å². The number of hydrogen-bond acceptors (Lipinski definition) is 3. The highest BCUT2D eigenvalue weighted by molar-refractivity contribution is 5.77. The summed E-state index contributed by atoms with van der Waals surface area (Å²) in [6.45, 7) is 7.16. The Hall–Kier alpha value is -2.30. The van der Waals surface area contributed by atoms with Crippen molar-refractivity contribution >= 4 is 5.91 Å². The number of carbonyl (C=O) groups excluding carboxylic acids is 1. The lowest BCUT2D eigenvalue weighted by Gasteiger charge is -2.27. The predicted octanol–water partition coefficient (Wildman–Crippen LogP) is 4.08. The van der Waals surface area contributed by atoms with E-state index in [0.717, 1.165) is 35.7 Å². The van der Waals surface area contributed by atoms with Crippen molar-refractivity contribution in [3.63, 3.8) is 0 Å². The number of carbonyl (C=O) groups is 1. The van der Waals surface area contributed by atoms with Gasteiger partial charge in [0.05, 0.1) is 7.11 Å². The summed E-state index contributed by atoms with van der Waals surface area (Å²) in [4.78, 5) is 17.3. The molecule has 0 spiro atoms. The lowest BCUT2D eigenvalue weighted by atomic mass is 9.91. The van der Waals surface area contributed by atoms with E-state index in [1.165, 1.54) is 6.42 Å². The minimum atomic E-state index is -0.0333. The number of hydrogen-bond donors (Lipinski definition) is 1. The van der Waals surface area contributed by atoms with Gasteiger partial charge in [-0.3, -0.25) is 4.79 Å². The maximum Gasteiger partial charge on any atom is 0.221 e. The molecule has 0 unspecified atom stereocenters. The molecule has 0 saturated heterocycles. The zero-order chi connectivity index (χ0) is 19.4. The molecule has 1 N–H and O–H groups in total. The SMILES string of the molecule is COc1cccc([C@H](CC(=O)NCC(C)C)c2cnc3n2[C@@H](C)CCC3)c1. The molecule has 5 heteroatoms. The third-order valence-corrected chi connectivity index (χ3v) is 5.32. The van der Waals surface area contributed by atoms with Crippen LogP contribution in [0.2, 0.25) is 0 Å². The van der Waals surface area contributed by atoms with Gasteiger partial charge < -0.3 is 14.6 Å². The minimum Gasteiger partial charge on any atom is -0.497 e. The number of benzene rings is 1. The molecule has 0 aliphatic carbocycles. The summed E-state index contributed by atoms with van der Waals surface area (Å²) in [5.41, 5.74) is 2.22. The van der Waals surface area contributed by atoms with Crippen molar-refractivity contribution in [2.24, 2.45) is 5.92 Å². The molecule has 0 radical (unpaired) electrons. The average molecular weight is 370 g/mol. The Kier molecular flexibility index (Phi) is 6.19.